The zero-order valence-corrected chi connectivity index (χ0v) is 13.4. The Bertz CT molecular complexity index is 758. The van der Waals surface area contributed by atoms with Crippen LogP contribution in [0.3, 0.4) is 0 Å². The second-order valence-corrected chi connectivity index (χ2v) is 5.42. The Morgan fingerprint density at radius 3 is 2.43 bits per heavy atom. The van der Waals surface area contributed by atoms with E-state index in [9.17, 15) is 14.4 Å². The number of amides is 1. The van der Waals surface area contributed by atoms with Crippen LogP contribution < -0.4 is 5.32 Å². The summed E-state index contributed by atoms with van der Waals surface area (Å²) in [5.74, 6) is 0.901. The van der Waals surface area contributed by atoms with Crippen LogP contribution >= 0.6 is 0 Å². The summed E-state index contributed by atoms with van der Waals surface area (Å²) in [7, 11) is 0. The minimum atomic E-state index is -0.177. The molecule has 120 valence electrons. The fourth-order valence-electron chi connectivity index (χ4n) is 2.29. The molecule has 0 fully saturated rings. The minimum absolute atomic E-state index is 0.0519. The molecule has 1 heterocycles. The van der Waals surface area contributed by atoms with Gasteiger partial charge in [-0.15, -0.1) is 0 Å². The monoisotopic (exact) mass is 313 g/mol. The molecule has 0 bridgehead atoms. The number of carbonyl (C=O) groups is 3. The highest BCUT2D eigenvalue weighted by atomic mass is 16.3. The molecule has 1 amide bonds. The molecule has 5 heteroatoms. The molecule has 2 aromatic rings. The summed E-state index contributed by atoms with van der Waals surface area (Å²) in [5.41, 5.74) is 1.69. The molecule has 1 aromatic heterocycles. The summed E-state index contributed by atoms with van der Waals surface area (Å²) in [4.78, 5) is 34.7. The number of hydrogen-bond donors (Lipinski definition) is 1. The van der Waals surface area contributed by atoms with Crippen molar-refractivity contribution in [1.29, 1.82) is 0 Å². The van der Waals surface area contributed by atoms with E-state index in [1.54, 1.807) is 37.3 Å². The van der Waals surface area contributed by atoms with Crippen LogP contribution in [-0.2, 0) is 11.2 Å². The van der Waals surface area contributed by atoms with Crippen molar-refractivity contribution in [2.75, 3.05) is 5.32 Å². The zero-order valence-electron chi connectivity index (χ0n) is 13.4. The van der Waals surface area contributed by atoms with Gasteiger partial charge in [0.15, 0.2) is 11.6 Å². The lowest BCUT2D eigenvalue weighted by Gasteiger charge is -2.05. The molecule has 0 aliphatic rings. The maximum Gasteiger partial charge on any atom is 0.224 e. The Kier molecular flexibility index (Phi) is 5.11. The quantitative estimate of drug-likeness (QED) is 0.827. The molecular formula is C18H19NO4. The third-order valence-corrected chi connectivity index (χ3v) is 3.50. The van der Waals surface area contributed by atoms with E-state index in [2.05, 4.69) is 5.32 Å². The van der Waals surface area contributed by atoms with Gasteiger partial charge in [0, 0.05) is 24.1 Å². The lowest BCUT2D eigenvalue weighted by atomic mass is 10.1. The molecule has 23 heavy (non-hydrogen) atoms. The predicted octanol–water partition coefficient (Wildman–Crippen LogP) is 3.56. The Balaban J connectivity index is 1.95. The number of benzene rings is 1. The largest absolute Gasteiger partial charge is 0.466 e. The summed E-state index contributed by atoms with van der Waals surface area (Å²) in [5, 5.41) is 2.75. The van der Waals surface area contributed by atoms with Gasteiger partial charge in [-0.2, -0.15) is 0 Å². The summed E-state index contributed by atoms with van der Waals surface area (Å²) < 4.78 is 5.48. The van der Waals surface area contributed by atoms with Crippen molar-refractivity contribution in [3.05, 3.63) is 53.0 Å². The average molecular weight is 313 g/mol. The first-order valence-corrected chi connectivity index (χ1v) is 7.38. The molecule has 0 radical (unpaired) electrons. The Morgan fingerprint density at radius 1 is 1.09 bits per heavy atom. The number of aryl methyl sites for hydroxylation is 2. The van der Waals surface area contributed by atoms with Crippen molar-refractivity contribution < 1.29 is 18.8 Å². The number of furan rings is 1. The van der Waals surface area contributed by atoms with Gasteiger partial charge in [-0.3, -0.25) is 14.4 Å². The number of anilines is 1. The van der Waals surface area contributed by atoms with Gasteiger partial charge in [-0.1, -0.05) is 12.1 Å². The van der Waals surface area contributed by atoms with Crippen LogP contribution in [-0.4, -0.2) is 17.5 Å². The Morgan fingerprint density at radius 2 is 1.83 bits per heavy atom. The molecule has 0 aliphatic heterocycles. The Hall–Kier alpha value is -2.69. The van der Waals surface area contributed by atoms with Gasteiger partial charge in [-0.25, -0.2) is 0 Å². The number of carbonyl (C=O) groups excluding carboxylic acids is 3. The highest BCUT2D eigenvalue weighted by molar-refractivity contribution is 5.97. The summed E-state index contributed by atoms with van der Waals surface area (Å²) in [6.45, 7) is 4.69. The molecule has 0 spiro atoms. The predicted molar refractivity (Wildman–Crippen MR) is 86.8 cm³/mol. The first kappa shape index (κ1) is 16.7. The Labute approximate surface area is 134 Å². The van der Waals surface area contributed by atoms with Crippen molar-refractivity contribution in [3.8, 4) is 0 Å². The van der Waals surface area contributed by atoms with E-state index in [1.165, 1.54) is 13.8 Å². The van der Waals surface area contributed by atoms with Gasteiger partial charge in [0.2, 0.25) is 5.91 Å². The molecule has 1 aromatic carbocycles. The number of Topliss-reactive ketones (excluding diaryl/α,β-unsaturated/α-hetero) is 2. The molecule has 1 N–H and O–H groups in total. The van der Waals surface area contributed by atoms with Crippen molar-refractivity contribution in [3.63, 3.8) is 0 Å². The van der Waals surface area contributed by atoms with Crippen LogP contribution in [0.15, 0.2) is 34.7 Å². The van der Waals surface area contributed by atoms with E-state index < -0.39 is 0 Å². The standard InChI is InChI=1S/C18H19NO4/c1-11(20)14-5-4-6-15(9-14)19-18(22)8-7-16-10-17(12(2)21)13(3)23-16/h4-6,9-10H,7-8H2,1-3H3,(H,19,22). The molecule has 0 saturated heterocycles. The van der Waals surface area contributed by atoms with Gasteiger partial charge in [0.05, 0.1) is 5.56 Å². The van der Waals surface area contributed by atoms with Crippen LogP contribution in [0.5, 0.6) is 0 Å². The number of nitrogens with one attached hydrogen (secondary N) is 1. The summed E-state index contributed by atoms with van der Waals surface area (Å²) in [6.07, 6.45) is 0.640. The topological polar surface area (TPSA) is 76.4 Å². The van der Waals surface area contributed by atoms with Gasteiger partial charge < -0.3 is 9.73 Å². The van der Waals surface area contributed by atoms with Crippen LogP contribution in [0.1, 0.15) is 52.5 Å². The normalized spacial score (nSPS) is 10.4. The van der Waals surface area contributed by atoms with Gasteiger partial charge in [0.1, 0.15) is 11.5 Å². The highest BCUT2D eigenvalue weighted by Crippen LogP contribution is 2.17. The fourth-order valence-corrected chi connectivity index (χ4v) is 2.29. The van der Waals surface area contributed by atoms with Crippen LogP contribution in [0, 0.1) is 6.92 Å². The number of ketones is 2. The molecule has 0 atom stereocenters. The van der Waals surface area contributed by atoms with Crippen molar-refractivity contribution in [2.24, 2.45) is 0 Å². The van der Waals surface area contributed by atoms with Crippen molar-refractivity contribution in [1.82, 2.24) is 0 Å². The van der Waals surface area contributed by atoms with Gasteiger partial charge >= 0.3 is 0 Å². The molecular weight excluding hydrogens is 294 g/mol. The van der Waals surface area contributed by atoms with E-state index in [4.69, 9.17) is 4.42 Å². The van der Waals surface area contributed by atoms with Crippen LogP contribution in [0.4, 0.5) is 5.69 Å². The van der Waals surface area contributed by atoms with E-state index >= 15 is 0 Å². The van der Waals surface area contributed by atoms with E-state index in [0.717, 1.165) is 0 Å². The van der Waals surface area contributed by atoms with Gasteiger partial charge in [0.25, 0.3) is 0 Å². The van der Waals surface area contributed by atoms with Crippen LogP contribution in [0.25, 0.3) is 0 Å². The van der Waals surface area contributed by atoms with Gasteiger partial charge in [-0.05, 0) is 39.0 Å². The van der Waals surface area contributed by atoms with Crippen LogP contribution in [0.2, 0.25) is 0 Å². The second-order valence-electron chi connectivity index (χ2n) is 5.42. The molecule has 0 saturated carbocycles. The van der Waals surface area contributed by atoms with E-state index in [-0.39, 0.29) is 23.9 Å². The van der Waals surface area contributed by atoms with Crippen molar-refractivity contribution >= 4 is 23.2 Å². The maximum absolute atomic E-state index is 12.0. The average Bonchev–Trinajstić information content (AvgIpc) is 2.87. The molecule has 0 unspecified atom stereocenters. The first-order valence-electron chi connectivity index (χ1n) is 7.38. The molecule has 5 nitrogen and oxygen atoms in total. The zero-order chi connectivity index (χ0) is 17.0. The number of rotatable bonds is 6. The summed E-state index contributed by atoms with van der Waals surface area (Å²) >= 11 is 0. The highest BCUT2D eigenvalue weighted by Gasteiger charge is 2.12. The van der Waals surface area contributed by atoms with E-state index in [0.29, 0.717) is 34.8 Å². The fraction of sp³-hybridized carbons (Fsp3) is 0.278. The smallest absolute Gasteiger partial charge is 0.224 e. The number of hydrogen-bond acceptors (Lipinski definition) is 4. The summed E-state index contributed by atoms with van der Waals surface area (Å²) in [6, 6.07) is 8.48. The second kappa shape index (κ2) is 7.05. The molecule has 2 rings (SSSR count). The lowest BCUT2D eigenvalue weighted by molar-refractivity contribution is -0.116. The third kappa shape index (κ3) is 4.39. The van der Waals surface area contributed by atoms with Crippen molar-refractivity contribution in [2.45, 2.75) is 33.6 Å². The van der Waals surface area contributed by atoms with E-state index in [1.807, 2.05) is 0 Å². The minimum Gasteiger partial charge on any atom is -0.466 e. The third-order valence-electron chi connectivity index (χ3n) is 3.50. The maximum atomic E-state index is 12.0. The lowest BCUT2D eigenvalue weighted by Crippen LogP contribution is -2.12. The first-order chi connectivity index (χ1) is 10.9. The SMILES string of the molecule is CC(=O)c1cccc(NC(=O)CCc2cc(C(C)=O)c(C)o2)c1. The molecule has 0 aliphatic carbocycles.